The van der Waals surface area contributed by atoms with Crippen molar-refractivity contribution < 1.29 is 17.9 Å². The average molecular weight is 515 g/mol. The molecule has 0 saturated heterocycles. The summed E-state index contributed by atoms with van der Waals surface area (Å²) in [6.07, 6.45) is -3.24. The zero-order chi connectivity index (χ0) is 19.2. The Hall–Kier alpha value is -1.63. The summed E-state index contributed by atoms with van der Waals surface area (Å²) in [5, 5.41) is 7.00. The predicted octanol–water partition coefficient (Wildman–Crippen LogP) is 3.54. The van der Waals surface area contributed by atoms with Crippen molar-refractivity contribution in [1.82, 2.24) is 20.6 Å². The molecular formula is C16H21F3IN5OS. The lowest BCUT2D eigenvalue weighted by Gasteiger charge is -2.14. The van der Waals surface area contributed by atoms with E-state index in [1.807, 2.05) is 13.8 Å². The Morgan fingerprint density at radius 2 is 2.04 bits per heavy atom. The quantitative estimate of drug-likeness (QED) is 0.267. The van der Waals surface area contributed by atoms with E-state index in [0.29, 0.717) is 12.5 Å². The van der Waals surface area contributed by atoms with Gasteiger partial charge >= 0.3 is 6.18 Å². The second-order valence-electron chi connectivity index (χ2n) is 5.30. The Bertz CT molecular complexity index is 747. The zero-order valence-corrected chi connectivity index (χ0v) is 18.2. The van der Waals surface area contributed by atoms with E-state index < -0.39 is 17.6 Å². The number of nitrogens with one attached hydrogen (secondary N) is 2. The molecule has 11 heteroatoms. The van der Waals surface area contributed by atoms with E-state index in [0.717, 1.165) is 21.6 Å². The highest BCUT2D eigenvalue weighted by atomic mass is 127. The van der Waals surface area contributed by atoms with Gasteiger partial charge in [-0.3, -0.25) is 4.99 Å². The molecule has 2 N–H and O–H groups in total. The van der Waals surface area contributed by atoms with Crippen LogP contribution >= 0.6 is 35.3 Å². The van der Waals surface area contributed by atoms with Gasteiger partial charge in [0.2, 0.25) is 5.88 Å². The van der Waals surface area contributed by atoms with Crippen molar-refractivity contribution in [3.05, 3.63) is 39.5 Å². The van der Waals surface area contributed by atoms with Gasteiger partial charge in [0.25, 0.3) is 0 Å². The highest BCUT2D eigenvalue weighted by Gasteiger charge is 2.34. The lowest BCUT2D eigenvalue weighted by atomic mass is 10.2. The third kappa shape index (κ3) is 7.13. The number of pyridine rings is 1. The number of hydrogen-bond donors (Lipinski definition) is 2. The zero-order valence-electron chi connectivity index (χ0n) is 15.1. The molecule has 0 radical (unpaired) electrons. The number of ether oxygens (including phenoxy) is 1. The molecule has 0 aliphatic heterocycles. The molecule has 27 heavy (non-hydrogen) atoms. The third-order valence-corrected chi connectivity index (χ3v) is 4.49. The van der Waals surface area contributed by atoms with E-state index >= 15 is 0 Å². The van der Waals surface area contributed by atoms with E-state index in [1.54, 1.807) is 18.4 Å². The van der Waals surface area contributed by atoms with Crippen molar-refractivity contribution in [2.45, 2.75) is 26.6 Å². The van der Waals surface area contributed by atoms with Gasteiger partial charge in [-0.2, -0.15) is 13.2 Å². The smallest absolute Gasteiger partial charge is 0.421 e. The van der Waals surface area contributed by atoms with Crippen LogP contribution in [0.4, 0.5) is 13.2 Å². The number of nitrogens with zero attached hydrogens (tertiary/aromatic N) is 3. The van der Waals surface area contributed by atoms with Crippen LogP contribution in [0.2, 0.25) is 0 Å². The van der Waals surface area contributed by atoms with Gasteiger partial charge in [-0.1, -0.05) is 0 Å². The number of aryl methyl sites for hydroxylation is 2. The lowest BCUT2D eigenvalue weighted by molar-refractivity contribution is -0.139. The van der Waals surface area contributed by atoms with Crippen LogP contribution in [-0.2, 0) is 12.7 Å². The average Bonchev–Trinajstić information content (AvgIpc) is 2.91. The minimum absolute atomic E-state index is 0. The number of hydrogen-bond acceptors (Lipinski definition) is 5. The van der Waals surface area contributed by atoms with E-state index in [-0.39, 0.29) is 37.1 Å². The molecular weight excluding hydrogens is 494 g/mol. The fourth-order valence-corrected chi connectivity index (χ4v) is 2.91. The van der Waals surface area contributed by atoms with Crippen LogP contribution in [0, 0.1) is 13.8 Å². The molecule has 0 amide bonds. The van der Waals surface area contributed by atoms with Crippen LogP contribution in [0.1, 0.15) is 21.1 Å². The summed E-state index contributed by atoms with van der Waals surface area (Å²) >= 11 is 1.60. The number of aromatic nitrogens is 2. The van der Waals surface area contributed by atoms with Gasteiger partial charge in [-0.15, -0.1) is 35.3 Å². The standard InChI is InChI=1S/C16H20F3N5OS.HI/c1-10-11(2)26-13(24-10)9-23-15(20-3)22-7-8-25-14-12(16(17,18)19)5-4-6-21-14;/h4-6H,7-9H2,1-3H3,(H2,20,22,23);1H. The molecule has 0 aromatic carbocycles. The second kappa shape index (κ2) is 10.6. The van der Waals surface area contributed by atoms with Crippen LogP contribution in [0.5, 0.6) is 5.88 Å². The van der Waals surface area contributed by atoms with Crippen LogP contribution < -0.4 is 15.4 Å². The van der Waals surface area contributed by atoms with Gasteiger partial charge in [0.15, 0.2) is 5.96 Å². The fraction of sp³-hybridized carbons (Fsp3) is 0.438. The van der Waals surface area contributed by atoms with E-state index in [1.165, 1.54) is 12.3 Å². The molecule has 0 spiro atoms. The van der Waals surface area contributed by atoms with Crippen molar-refractivity contribution in [2.24, 2.45) is 4.99 Å². The second-order valence-corrected chi connectivity index (χ2v) is 6.59. The molecule has 0 unspecified atom stereocenters. The molecule has 2 heterocycles. The summed E-state index contributed by atoms with van der Waals surface area (Å²) in [6, 6.07) is 2.16. The van der Waals surface area contributed by atoms with Gasteiger partial charge in [0.1, 0.15) is 17.2 Å². The van der Waals surface area contributed by atoms with Crippen molar-refractivity contribution in [3.8, 4) is 5.88 Å². The minimum atomic E-state index is -4.50. The molecule has 0 bridgehead atoms. The summed E-state index contributed by atoms with van der Waals surface area (Å²) in [4.78, 5) is 13.3. The number of alkyl halides is 3. The van der Waals surface area contributed by atoms with Crippen molar-refractivity contribution in [3.63, 3.8) is 0 Å². The Balaban J connectivity index is 0.00000364. The Labute approximate surface area is 176 Å². The predicted molar refractivity (Wildman–Crippen MR) is 110 cm³/mol. The first-order valence-corrected chi connectivity index (χ1v) is 8.65. The van der Waals surface area contributed by atoms with Crippen LogP contribution in [0.15, 0.2) is 23.3 Å². The van der Waals surface area contributed by atoms with Gasteiger partial charge in [-0.05, 0) is 26.0 Å². The number of rotatable bonds is 6. The number of halogens is 4. The van der Waals surface area contributed by atoms with Gasteiger partial charge < -0.3 is 15.4 Å². The van der Waals surface area contributed by atoms with Crippen molar-refractivity contribution in [2.75, 3.05) is 20.2 Å². The monoisotopic (exact) mass is 515 g/mol. The third-order valence-electron chi connectivity index (χ3n) is 3.41. The normalized spacial score (nSPS) is 11.7. The number of guanidine groups is 1. The van der Waals surface area contributed by atoms with Crippen LogP contribution in [0.3, 0.4) is 0 Å². The molecule has 6 nitrogen and oxygen atoms in total. The first-order valence-electron chi connectivity index (χ1n) is 7.83. The Morgan fingerprint density at radius 1 is 1.30 bits per heavy atom. The molecule has 0 aliphatic rings. The topological polar surface area (TPSA) is 71.4 Å². The van der Waals surface area contributed by atoms with Gasteiger partial charge in [0, 0.05) is 18.1 Å². The van der Waals surface area contributed by atoms with Crippen LogP contribution in [0.25, 0.3) is 0 Å². The molecule has 0 saturated carbocycles. The largest absolute Gasteiger partial charge is 0.475 e. The van der Waals surface area contributed by atoms with Crippen molar-refractivity contribution >= 4 is 41.3 Å². The fourth-order valence-electron chi connectivity index (χ4n) is 2.03. The summed E-state index contributed by atoms with van der Waals surface area (Å²) < 4.78 is 43.7. The summed E-state index contributed by atoms with van der Waals surface area (Å²) in [5.41, 5.74) is 0.107. The number of thiazole rings is 1. The van der Waals surface area contributed by atoms with Gasteiger partial charge in [0.05, 0.1) is 18.8 Å². The molecule has 0 atom stereocenters. The lowest BCUT2D eigenvalue weighted by Crippen LogP contribution is -2.39. The maximum Gasteiger partial charge on any atom is 0.421 e. The number of aliphatic imine (C=N–C) groups is 1. The minimum Gasteiger partial charge on any atom is -0.475 e. The maximum absolute atomic E-state index is 12.9. The maximum atomic E-state index is 12.9. The Kier molecular flexibility index (Phi) is 9.22. The SMILES string of the molecule is CN=C(NCCOc1ncccc1C(F)(F)F)NCc1nc(C)c(C)s1.I. The first-order chi connectivity index (χ1) is 12.3. The van der Waals surface area contributed by atoms with Gasteiger partial charge in [-0.25, -0.2) is 9.97 Å². The van der Waals surface area contributed by atoms with E-state index in [4.69, 9.17) is 4.74 Å². The highest BCUT2D eigenvalue weighted by Crippen LogP contribution is 2.34. The molecule has 2 rings (SSSR count). The van der Waals surface area contributed by atoms with Crippen molar-refractivity contribution in [1.29, 1.82) is 0 Å². The van der Waals surface area contributed by atoms with E-state index in [9.17, 15) is 13.2 Å². The van der Waals surface area contributed by atoms with Crippen LogP contribution in [-0.4, -0.2) is 36.1 Å². The summed E-state index contributed by atoms with van der Waals surface area (Å²) in [5.74, 6) is 0.0784. The molecule has 150 valence electrons. The molecule has 2 aromatic rings. The molecule has 0 aliphatic carbocycles. The summed E-state index contributed by atoms with van der Waals surface area (Å²) in [6.45, 7) is 4.75. The Morgan fingerprint density at radius 3 is 2.63 bits per heavy atom. The highest BCUT2D eigenvalue weighted by molar-refractivity contribution is 14.0. The molecule has 0 fully saturated rings. The summed E-state index contributed by atoms with van der Waals surface area (Å²) in [7, 11) is 1.61. The first kappa shape index (κ1) is 23.4. The molecule has 2 aromatic heterocycles. The van der Waals surface area contributed by atoms with E-state index in [2.05, 4.69) is 25.6 Å².